The Morgan fingerprint density at radius 3 is 2.43 bits per heavy atom. The smallest absolute Gasteiger partial charge is 0.344 e. The number of aryl methyl sites for hydroxylation is 1. The maximum Gasteiger partial charge on any atom is 0.344 e. The number of hydrogen-bond donors (Lipinski definition) is 0. The topological polar surface area (TPSA) is 83.6 Å². The Kier molecular flexibility index (Phi) is 5.94. The van der Waals surface area contributed by atoms with Crippen LogP contribution in [0.5, 0.6) is 11.5 Å². The third kappa shape index (κ3) is 4.23. The number of carbonyl (C=O) groups excluding carboxylic acids is 1. The Hall–Kier alpha value is -4.20. The fourth-order valence-corrected chi connectivity index (χ4v) is 4.82. The van der Waals surface area contributed by atoms with Gasteiger partial charge in [0.05, 0.1) is 23.1 Å². The second-order valence-electron chi connectivity index (χ2n) is 8.52. The van der Waals surface area contributed by atoms with Crippen molar-refractivity contribution in [3.63, 3.8) is 0 Å². The number of ether oxygens (including phenoxy) is 2. The molecule has 0 amide bonds. The first-order valence-electron chi connectivity index (χ1n) is 11.4. The Morgan fingerprint density at radius 1 is 1.03 bits per heavy atom. The molecule has 3 aromatic carbocycles. The summed E-state index contributed by atoms with van der Waals surface area (Å²) in [6.07, 6.45) is 3.74. The van der Waals surface area contributed by atoms with E-state index in [0.29, 0.717) is 17.9 Å². The van der Waals surface area contributed by atoms with Crippen LogP contribution in [0, 0.1) is 15.9 Å². The molecule has 178 valence electrons. The minimum Gasteiger partial charge on any atom is -0.495 e. The van der Waals surface area contributed by atoms with Crippen LogP contribution in [0.15, 0.2) is 60.7 Å². The fourth-order valence-electron chi connectivity index (χ4n) is 4.82. The number of fused-ring (bicyclic) bond motifs is 3. The molecule has 0 aliphatic heterocycles. The van der Waals surface area contributed by atoms with Crippen molar-refractivity contribution in [2.75, 3.05) is 7.11 Å². The molecular formula is C27H23FN2O5. The lowest BCUT2D eigenvalue weighted by Crippen LogP contribution is -2.10. The van der Waals surface area contributed by atoms with Gasteiger partial charge in [0.25, 0.3) is 5.69 Å². The first-order chi connectivity index (χ1) is 17.0. The Bertz CT molecular complexity index is 1430. The van der Waals surface area contributed by atoms with Gasteiger partial charge in [-0.1, -0.05) is 12.1 Å². The predicted molar refractivity (Wildman–Crippen MR) is 129 cm³/mol. The largest absolute Gasteiger partial charge is 0.495 e. The molecule has 7 nitrogen and oxygen atoms in total. The monoisotopic (exact) mass is 474 g/mol. The van der Waals surface area contributed by atoms with Gasteiger partial charge in [-0.05, 0) is 73.2 Å². The number of aromatic nitrogens is 1. The zero-order valence-corrected chi connectivity index (χ0v) is 19.1. The molecule has 0 saturated heterocycles. The summed E-state index contributed by atoms with van der Waals surface area (Å²) in [5.74, 6) is 0.0355. The molecule has 8 heteroatoms. The molecule has 0 bridgehead atoms. The van der Waals surface area contributed by atoms with Gasteiger partial charge in [0, 0.05) is 29.8 Å². The summed E-state index contributed by atoms with van der Waals surface area (Å²) >= 11 is 0. The zero-order chi connectivity index (χ0) is 24.5. The van der Waals surface area contributed by atoms with Crippen molar-refractivity contribution in [1.29, 1.82) is 0 Å². The quantitative estimate of drug-likeness (QED) is 0.152. The summed E-state index contributed by atoms with van der Waals surface area (Å²) in [6.45, 7) is 0.517. The normalized spacial score (nSPS) is 12.9. The SMILES string of the molecule is COc1ccc(C(=O)Oc2ccc([N+](=O)[O-])cc2)c2c3c(n(Cc4ccc(F)cc4)c12)CCCC3. The van der Waals surface area contributed by atoms with Gasteiger partial charge in [0.1, 0.15) is 17.3 Å². The minimum atomic E-state index is -0.543. The van der Waals surface area contributed by atoms with Crippen LogP contribution in [0.2, 0.25) is 0 Å². The number of halogens is 1. The molecule has 0 radical (unpaired) electrons. The molecule has 0 saturated carbocycles. The van der Waals surface area contributed by atoms with Gasteiger partial charge in [-0.2, -0.15) is 0 Å². The highest BCUT2D eigenvalue weighted by Gasteiger charge is 2.27. The van der Waals surface area contributed by atoms with E-state index in [1.54, 1.807) is 31.4 Å². The summed E-state index contributed by atoms with van der Waals surface area (Å²) in [4.78, 5) is 23.7. The van der Waals surface area contributed by atoms with Gasteiger partial charge in [-0.25, -0.2) is 9.18 Å². The number of esters is 1. The number of non-ortho nitro benzene ring substituents is 1. The number of nitro groups is 1. The van der Waals surface area contributed by atoms with Crippen molar-refractivity contribution in [1.82, 2.24) is 4.57 Å². The molecule has 4 aromatic rings. The van der Waals surface area contributed by atoms with Crippen LogP contribution < -0.4 is 9.47 Å². The Labute approximate surface area is 200 Å². The van der Waals surface area contributed by atoms with E-state index in [1.165, 1.54) is 36.4 Å². The van der Waals surface area contributed by atoms with E-state index in [9.17, 15) is 19.3 Å². The number of benzene rings is 3. The molecule has 0 unspecified atom stereocenters. The van der Waals surface area contributed by atoms with E-state index in [4.69, 9.17) is 9.47 Å². The zero-order valence-electron chi connectivity index (χ0n) is 19.1. The molecule has 5 rings (SSSR count). The predicted octanol–water partition coefficient (Wildman–Crippen LogP) is 5.84. The lowest BCUT2D eigenvalue weighted by Gasteiger charge is -2.16. The van der Waals surface area contributed by atoms with Crippen LogP contribution in [0.25, 0.3) is 10.9 Å². The van der Waals surface area contributed by atoms with Gasteiger partial charge < -0.3 is 14.0 Å². The molecule has 0 atom stereocenters. The molecule has 1 aliphatic carbocycles. The fraction of sp³-hybridized carbons (Fsp3) is 0.222. The van der Waals surface area contributed by atoms with Crippen LogP contribution in [-0.2, 0) is 19.4 Å². The second kappa shape index (κ2) is 9.21. The third-order valence-corrected chi connectivity index (χ3v) is 6.43. The van der Waals surface area contributed by atoms with Gasteiger partial charge in [0.2, 0.25) is 0 Å². The maximum atomic E-state index is 13.5. The Morgan fingerprint density at radius 2 is 1.74 bits per heavy atom. The number of methoxy groups -OCH3 is 1. The van der Waals surface area contributed by atoms with E-state index in [1.807, 2.05) is 0 Å². The molecule has 0 spiro atoms. The highest BCUT2D eigenvalue weighted by Crippen LogP contribution is 2.40. The molecule has 1 heterocycles. The Balaban J connectivity index is 1.61. The van der Waals surface area contributed by atoms with Crippen LogP contribution in [0.4, 0.5) is 10.1 Å². The molecular weight excluding hydrogens is 451 g/mol. The maximum absolute atomic E-state index is 13.5. The standard InChI is InChI=1S/C27H23FN2O5/c1-34-24-15-14-22(27(31)35-20-12-10-19(11-13-20)30(32)33)25-21-4-2-3-5-23(21)29(26(24)25)16-17-6-8-18(28)9-7-17/h6-15H,2-5,16H2,1H3. The summed E-state index contributed by atoms with van der Waals surface area (Å²) in [6, 6.07) is 15.3. The van der Waals surface area contributed by atoms with E-state index < -0.39 is 10.9 Å². The average molecular weight is 474 g/mol. The number of nitro benzene ring substituents is 1. The number of hydrogen-bond acceptors (Lipinski definition) is 5. The first-order valence-corrected chi connectivity index (χ1v) is 11.4. The van der Waals surface area contributed by atoms with Gasteiger partial charge in [-0.15, -0.1) is 0 Å². The van der Waals surface area contributed by atoms with E-state index in [-0.39, 0.29) is 17.3 Å². The molecule has 35 heavy (non-hydrogen) atoms. The number of nitrogens with zero attached hydrogens (tertiary/aromatic N) is 2. The summed E-state index contributed by atoms with van der Waals surface area (Å²) in [5.41, 5.74) is 4.32. The van der Waals surface area contributed by atoms with Gasteiger partial charge in [0.15, 0.2) is 0 Å². The van der Waals surface area contributed by atoms with Crippen molar-refractivity contribution in [2.45, 2.75) is 32.2 Å². The summed E-state index contributed by atoms with van der Waals surface area (Å²) in [5, 5.41) is 11.7. The summed E-state index contributed by atoms with van der Waals surface area (Å²) < 4.78 is 26.9. The van der Waals surface area contributed by atoms with E-state index >= 15 is 0 Å². The lowest BCUT2D eigenvalue weighted by atomic mass is 9.93. The number of carbonyl (C=O) groups is 1. The third-order valence-electron chi connectivity index (χ3n) is 6.43. The minimum absolute atomic E-state index is 0.0800. The van der Waals surface area contributed by atoms with Gasteiger partial charge >= 0.3 is 5.97 Å². The van der Waals surface area contributed by atoms with E-state index in [0.717, 1.165) is 53.4 Å². The van der Waals surface area contributed by atoms with Crippen molar-refractivity contribution in [3.8, 4) is 11.5 Å². The summed E-state index contributed by atoms with van der Waals surface area (Å²) in [7, 11) is 1.60. The molecule has 0 N–H and O–H groups in total. The van der Waals surface area contributed by atoms with Crippen LogP contribution >= 0.6 is 0 Å². The van der Waals surface area contributed by atoms with Gasteiger partial charge in [-0.3, -0.25) is 10.1 Å². The van der Waals surface area contributed by atoms with Crippen molar-refractivity contribution >= 4 is 22.6 Å². The van der Waals surface area contributed by atoms with Crippen molar-refractivity contribution in [3.05, 3.63) is 99.0 Å². The van der Waals surface area contributed by atoms with Crippen LogP contribution in [0.3, 0.4) is 0 Å². The number of rotatable bonds is 6. The first kappa shape index (κ1) is 22.6. The van der Waals surface area contributed by atoms with Crippen molar-refractivity contribution in [2.24, 2.45) is 0 Å². The second-order valence-corrected chi connectivity index (χ2v) is 8.52. The van der Waals surface area contributed by atoms with Crippen LogP contribution in [0.1, 0.15) is 40.0 Å². The highest BCUT2D eigenvalue weighted by atomic mass is 19.1. The lowest BCUT2D eigenvalue weighted by molar-refractivity contribution is -0.384. The highest BCUT2D eigenvalue weighted by molar-refractivity contribution is 6.08. The van der Waals surface area contributed by atoms with E-state index in [2.05, 4.69) is 4.57 Å². The molecule has 1 aromatic heterocycles. The van der Waals surface area contributed by atoms with Crippen molar-refractivity contribution < 1.29 is 23.6 Å². The molecule has 1 aliphatic rings. The average Bonchev–Trinajstić information content (AvgIpc) is 3.19. The van der Waals surface area contributed by atoms with Crippen LogP contribution in [-0.4, -0.2) is 22.6 Å². The molecule has 0 fully saturated rings.